The van der Waals surface area contributed by atoms with Crippen LogP contribution >= 0.6 is 0 Å². The monoisotopic (exact) mass is 301 g/mol. The fourth-order valence-electron chi connectivity index (χ4n) is 3.44. The number of aryl methyl sites for hydroxylation is 1. The predicted octanol–water partition coefficient (Wildman–Crippen LogP) is 2.03. The lowest BCUT2D eigenvalue weighted by Gasteiger charge is -2.29. The zero-order valence-electron chi connectivity index (χ0n) is 13.2. The minimum Gasteiger partial charge on any atom is -0.352 e. The second kappa shape index (κ2) is 5.99. The van der Waals surface area contributed by atoms with E-state index in [0.29, 0.717) is 5.92 Å². The Kier molecular flexibility index (Phi) is 4.05. The summed E-state index contributed by atoms with van der Waals surface area (Å²) < 4.78 is 3.14. The minimum absolute atomic E-state index is 0.0720. The fraction of sp³-hybridized carbons (Fsp3) is 0.529. The number of hydrogen-bond donors (Lipinski definition) is 1. The van der Waals surface area contributed by atoms with Crippen molar-refractivity contribution < 1.29 is 4.79 Å². The van der Waals surface area contributed by atoms with Crippen molar-refractivity contribution in [1.29, 1.82) is 0 Å². The molecule has 1 aliphatic carbocycles. The summed E-state index contributed by atoms with van der Waals surface area (Å²) in [5.74, 6) is 0.444. The van der Waals surface area contributed by atoms with Gasteiger partial charge in [-0.05, 0) is 30.9 Å². The largest absolute Gasteiger partial charge is 0.352 e. The minimum atomic E-state index is -0.145. The van der Waals surface area contributed by atoms with Crippen LogP contribution in [0.25, 0.3) is 11.0 Å². The molecule has 2 aromatic rings. The van der Waals surface area contributed by atoms with Crippen molar-refractivity contribution in [3.05, 3.63) is 34.7 Å². The van der Waals surface area contributed by atoms with Crippen LogP contribution in [0.2, 0.25) is 0 Å². The molecule has 118 valence electrons. The van der Waals surface area contributed by atoms with E-state index in [1.54, 1.807) is 16.2 Å². The van der Waals surface area contributed by atoms with Crippen molar-refractivity contribution in [2.75, 3.05) is 0 Å². The average Bonchev–Trinajstić information content (AvgIpc) is 2.75. The van der Waals surface area contributed by atoms with Crippen molar-refractivity contribution in [2.45, 2.75) is 45.2 Å². The third-order valence-corrected chi connectivity index (χ3v) is 4.81. The Morgan fingerprint density at radius 2 is 1.91 bits per heavy atom. The molecule has 2 unspecified atom stereocenters. The first kappa shape index (κ1) is 14.9. The van der Waals surface area contributed by atoms with E-state index in [4.69, 9.17) is 0 Å². The lowest BCUT2D eigenvalue weighted by atomic mass is 9.86. The number of aromatic nitrogens is 2. The summed E-state index contributed by atoms with van der Waals surface area (Å²) in [6.07, 6.45) is 4.62. The van der Waals surface area contributed by atoms with Crippen molar-refractivity contribution in [1.82, 2.24) is 14.5 Å². The summed E-state index contributed by atoms with van der Waals surface area (Å²) >= 11 is 0. The quantitative estimate of drug-likeness (QED) is 0.943. The fourth-order valence-corrected chi connectivity index (χ4v) is 3.44. The molecule has 1 aliphatic rings. The lowest BCUT2D eigenvalue weighted by molar-refractivity contribution is -0.122. The highest BCUT2D eigenvalue weighted by atomic mass is 16.2. The van der Waals surface area contributed by atoms with E-state index in [0.717, 1.165) is 17.5 Å². The van der Waals surface area contributed by atoms with Gasteiger partial charge >= 0.3 is 5.69 Å². The summed E-state index contributed by atoms with van der Waals surface area (Å²) in [7, 11) is 1.74. The molecule has 5 nitrogen and oxygen atoms in total. The zero-order valence-corrected chi connectivity index (χ0v) is 13.2. The van der Waals surface area contributed by atoms with Crippen molar-refractivity contribution in [3.63, 3.8) is 0 Å². The molecule has 22 heavy (non-hydrogen) atoms. The molecule has 1 aromatic heterocycles. The normalized spacial score (nSPS) is 21.9. The van der Waals surface area contributed by atoms with Crippen LogP contribution in [0, 0.1) is 5.92 Å². The number of fused-ring (bicyclic) bond motifs is 1. The molecule has 3 rings (SSSR count). The molecular weight excluding hydrogens is 278 g/mol. The van der Waals surface area contributed by atoms with E-state index in [-0.39, 0.29) is 24.2 Å². The highest BCUT2D eigenvalue weighted by molar-refractivity contribution is 5.81. The number of carbonyl (C=O) groups is 1. The molecule has 1 aromatic carbocycles. The maximum Gasteiger partial charge on any atom is 0.329 e. The lowest BCUT2D eigenvalue weighted by Crippen LogP contribution is -2.43. The summed E-state index contributed by atoms with van der Waals surface area (Å²) in [6.45, 7) is 2.28. The SMILES string of the molecule is CC1CCCCC1NC(=O)Cn1c(=O)n(C)c2ccccc21. The van der Waals surface area contributed by atoms with Crippen LogP contribution in [0.3, 0.4) is 0 Å². The van der Waals surface area contributed by atoms with Gasteiger partial charge in [-0.25, -0.2) is 4.79 Å². The number of carbonyl (C=O) groups excluding carboxylic acids is 1. The van der Waals surface area contributed by atoms with Crippen LogP contribution in [0.15, 0.2) is 29.1 Å². The molecule has 1 amide bonds. The number of benzene rings is 1. The molecule has 2 atom stereocenters. The van der Waals surface area contributed by atoms with Crippen LogP contribution in [-0.4, -0.2) is 21.1 Å². The van der Waals surface area contributed by atoms with Gasteiger partial charge in [0.15, 0.2) is 0 Å². The Labute approximate surface area is 129 Å². The Bertz CT molecular complexity index is 744. The Balaban J connectivity index is 1.80. The number of nitrogens with zero attached hydrogens (tertiary/aromatic N) is 2. The number of rotatable bonds is 3. The first-order valence-electron chi connectivity index (χ1n) is 8.01. The van der Waals surface area contributed by atoms with Gasteiger partial charge in [-0.1, -0.05) is 31.9 Å². The Hall–Kier alpha value is -2.04. The first-order chi connectivity index (χ1) is 10.6. The molecule has 1 N–H and O–H groups in total. The maximum absolute atomic E-state index is 12.4. The molecule has 0 saturated heterocycles. The molecule has 5 heteroatoms. The van der Waals surface area contributed by atoms with E-state index in [1.807, 2.05) is 24.3 Å². The molecule has 1 saturated carbocycles. The van der Waals surface area contributed by atoms with Gasteiger partial charge in [0.25, 0.3) is 0 Å². The highest BCUT2D eigenvalue weighted by Gasteiger charge is 2.23. The van der Waals surface area contributed by atoms with Gasteiger partial charge in [-0.2, -0.15) is 0 Å². The predicted molar refractivity (Wildman–Crippen MR) is 86.7 cm³/mol. The topological polar surface area (TPSA) is 56.0 Å². The van der Waals surface area contributed by atoms with E-state index < -0.39 is 0 Å². The van der Waals surface area contributed by atoms with Gasteiger partial charge in [0.2, 0.25) is 5.91 Å². The number of hydrogen-bond acceptors (Lipinski definition) is 2. The Morgan fingerprint density at radius 1 is 1.23 bits per heavy atom. The zero-order chi connectivity index (χ0) is 15.7. The molecule has 1 heterocycles. The van der Waals surface area contributed by atoms with E-state index in [1.165, 1.54) is 19.3 Å². The van der Waals surface area contributed by atoms with Gasteiger partial charge < -0.3 is 5.32 Å². The molecular formula is C17H23N3O2. The van der Waals surface area contributed by atoms with E-state index in [9.17, 15) is 9.59 Å². The van der Waals surface area contributed by atoms with Crippen LogP contribution in [-0.2, 0) is 18.4 Å². The summed E-state index contributed by atoms with van der Waals surface area (Å²) in [6, 6.07) is 7.81. The van der Waals surface area contributed by atoms with Crippen LogP contribution in [0.5, 0.6) is 0 Å². The third-order valence-electron chi connectivity index (χ3n) is 4.81. The number of amides is 1. The van der Waals surface area contributed by atoms with Gasteiger partial charge in [0.05, 0.1) is 11.0 Å². The average molecular weight is 301 g/mol. The van der Waals surface area contributed by atoms with Gasteiger partial charge in [0.1, 0.15) is 6.54 Å². The molecule has 0 aliphatic heterocycles. The summed E-state index contributed by atoms with van der Waals surface area (Å²) in [4.78, 5) is 24.7. The Morgan fingerprint density at radius 3 is 2.64 bits per heavy atom. The molecule has 0 spiro atoms. The van der Waals surface area contributed by atoms with E-state index in [2.05, 4.69) is 12.2 Å². The standard InChI is InChI=1S/C17H23N3O2/c1-12-7-3-4-8-13(12)18-16(21)11-20-15-10-6-5-9-14(15)19(2)17(20)22/h5-6,9-10,12-13H,3-4,7-8,11H2,1-2H3,(H,18,21). The van der Waals surface area contributed by atoms with Crippen molar-refractivity contribution in [2.24, 2.45) is 13.0 Å². The smallest absolute Gasteiger partial charge is 0.329 e. The molecule has 0 bridgehead atoms. The van der Waals surface area contributed by atoms with Crippen LogP contribution in [0.4, 0.5) is 0 Å². The number of imidazole rings is 1. The summed E-state index contributed by atoms with van der Waals surface area (Å²) in [5, 5.41) is 3.11. The third kappa shape index (κ3) is 2.67. The van der Waals surface area contributed by atoms with Gasteiger partial charge in [-0.3, -0.25) is 13.9 Å². The van der Waals surface area contributed by atoms with Gasteiger partial charge in [0, 0.05) is 13.1 Å². The maximum atomic E-state index is 12.4. The highest BCUT2D eigenvalue weighted by Crippen LogP contribution is 2.23. The van der Waals surface area contributed by atoms with Gasteiger partial charge in [-0.15, -0.1) is 0 Å². The second-order valence-corrected chi connectivity index (χ2v) is 6.35. The molecule has 0 radical (unpaired) electrons. The van der Waals surface area contributed by atoms with Crippen LogP contribution in [0.1, 0.15) is 32.6 Å². The second-order valence-electron chi connectivity index (χ2n) is 6.35. The van der Waals surface area contributed by atoms with Crippen LogP contribution < -0.4 is 11.0 Å². The first-order valence-corrected chi connectivity index (χ1v) is 8.01. The number of nitrogens with one attached hydrogen (secondary N) is 1. The summed E-state index contributed by atoms with van der Waals surface area (Å²) in [5.41, 5.74) is 1.52. The van der Waals surface area contributed by atoms with Crippen molar-refractivity contribution in [3.8, 4) is 0 Å². The number of para-hydroxylation sites is 2. The van der Waals surface area contributed by atoms with E-state index >= 15 is 0 Å². The molecule has 1 fully saturated rings. The van der Waals surface area contributed by atoms with Crippen molar-refractivity contribution >= 4 is 16.9 Å².